The summed E-state index contributed by atoms with van der Waals surface area (Å²) in [7, 11) is 0. The molecule has 30 heavy (non-hydrogen) atoms. The summed E-state index contributed by atoms with van der Waals surface area (Å²) in [5.74, 6) is -1.96. The van der Waals surface area contributed by atoms with E-state index in [1.54, 1.807) is 30.3 Å². The monoisotopic (exact) mass is 403 g/mol. The maximum atomic E-state index is 12.9. The van der Waals surface area contributed by atoms with Gasteiger partial charge in [0, 0.05) is 16.8 Å². The van der Waals surface area contributed by atoms with E-state index in [1.807, 2.05) is 0 Å². The molecule has 7 heteroatoms. The maximum absolute atomic E-state index is 12.9. The number of benzene rings is 2. The standard InChI is InChI=1S/C23H20N2O5/c26-20(16-3-1-2-4-17(16)23(29)30)24-14-7-9-15(10-8-14)25-21(27)18-12-5-6-13(11-12)19(18)22(25)28/h1-4,7-10,12-13,18-19H,5-6,11H2,(H,24,26)(H,29,30)/p-1/t12-,13+,18+,19-. The van der Waals surface area contributed by atoms with Gasteiger partial charge in [-0.05, 0) is 61.4 Å². The molecule has 7 nitrogen and oxygen atoms in total. The summed E-state index contributed by atoms with van der Waals surface area (Å²) >= 11 is 0. The molecule has 4 atom stereocenters. The van der Waals surface area contributed by atoms with Gasteiger partial charge in [-0.15, -0.1) is 0 Å². The van der Waals surface area contributed by atoms with Crippen molar-refractivity contribution in [2.24, 2.45) is 23.7 Å². The summed E-state index contributed by atoms with van der Waals surface area (Å²) in [6, 6.07) is 12.2. The zero-order valence-electron chi connectivity index (χ0n) is 16.0. The van der Waals surface area contributed by atoms with Crippen molar-refractivity contribution >= 4 is 35.1 Å². The van der Waals surface area contributed by atoms with E-state index in [9.17, 15) is 24.3 Å². The number of anilines is 2. The summed E-state index contributed by atoms with van der Waals surface area (Å²) < 4.78 is 0. The lowest BCUT2D eigenvalue weighted by Crippen LogP contribution is -2.32. The van der Waals surface area contributed by atoms with Gasteiger partial charge in [-0.1, -0.05) is 18.2 Å². The van der Waals surface area contributed by atoms with E-state index >= 15 is 0 Å². The van der Waals surface area contributed by atoms with Crippen LogP contribution in [0.1, 0.15) is 40.0 Å². The van der Waals surface area contributed by atoms with Crippen LogP contribution in [0.25, 0.3) is 0 Å². The van der Waals surface area contributed by atoms with Gasteiger partial charge in [-0.2, -0.15) is 0 Å². The van der Waals surface area contributed by atoms with Crippen LogP contribution in [0.4, 0.5) is 11.4 Å². The number of aromatic carboxylic acids is 1. The van der Waals surface area contributed by atoms with Crippen LogP contribution in [-0.4, -0.2) is 23.7 Å². The Hall–Kier alpha value is -3.48. The van der Waals surface area contributed by atoms with Crippen LogP contribution in [0.5, 0.6) is 0 Å². The van der Waals surface area contributed by atoms with Crippen LogP contribution in [-0.2, 0) is 9.59 Å². The molecule has 2 bridgehead atoms. The predicted molar refractivity (Wildman–Crippen MR) is 105 cm³/mol. The molecule has 1 aliphatic heterocycles. The lowest BCUT2D eigenvalue weighted by atomic mass is 9.81. The molecular formula is C23H19N2O5-. The van der Waals surface area contributed by atoms with Crippen molar-refractivity contribution in [2.75, 3.05) is 10.2 Å². The number of hydrogen-bond donors (Lipinski definition) is 1. The number of carboxylic acids is 1. The molecule has 152 valence electrons. The second-order valence-corrected chi connectivity index (χ2v) is 8.23. The average molecular weight is 403 g/mol. The second-order valence-electron chi connectivity index (χ2n) is 8.23. The summed E-state index contributed by atoms with van der Waals surface area (Å²) in [4.78, 5) is 50.8. The Labute approximate surface area is 172 Å². The highest BCUT2D eigenvalue weighted by Crippen LogP contribution is 2.56. The van der Waals surface area contributed by atoms with E-state index in [2.05, 4.69) is 5.32 Å². The Morgan fingerprint density at radius 1 is 0.867 bits per heavy atom. The predicted octanol–water partition coefficient (Wildman–Crippen LogP) is 1.84. The second kappa shape index (κ2) is 6.79. The fourth-order valence-corrected chi connectivity index (χ4v) is 5.41. The Morgan fingerprint density at radius 3 is 2.00 bits per heavy atom. The van der Waals surface area contributed by atoms with Gasteiger partial charge in [0.15, 0.2) is 0 Å². The lowest BCUT2D eigenvalue weighted by Gasteiger charge is -2.19. The highest BCUT2D eigenvalue weighted by atomic mass is 16.4. The van der Waals surface area contributed by atoms with Crippen molar-refractivity contribution in [1.82, 2.24) is 0 Å². The van der Waals surface area contributed by atoms with Gasteiger partial charge in [-0.3, -0.25) is 19.3 Å². The number of fused-ring (bicyclic) bond motifs is 5. The van der Waals surface area contributed by atoms with Crippen molar-refractivity contribution in [3.63, 3.8) is 0 Å². The molecule has 3 fully saturated rings. The van der Waals surface area contributed by atoms with Crippen LogP contribution in [0, 0.1) is 23.7 Å². The Morgan fingerprint density at radius 2 is 1.43 bits per heavy atom. The first kappa shape index (κ1) is 18.5. The van der Waals surface area contributed by atoms with Crippen molar-refractivity contribution in [1.29, 1.82) is 0 Å². The first-order valence-corrected chi connectivity index (χ1v) is 10.1. The fourth-order valence-electron chi connectivity index (χ4n) is 5.41. The topological polar surface area (TPSA) is 107 Å². The van der Waals surface area contributed by atoms with E-state index in [-0.39, 0.29) is 34.8 Å². The van der Waals surface area contributed by atoms with Gasteiger partial charge < -0.3 is 15.2 Å². The van der Waals surface area contributed by atoms with Gasteiger partial charge >= 0.3 is 0 Å². The van der Waals surface area contributed by atoms with Crippen molar-refractivity contribution in [3.05, 3.63) is 59.7 Å². The maximum Gasteiger partial charge on any atom is 0.256 e. The molecule has 1 N–H and O–H groups in total. The molecule has 1 saturated heterocycles. The third-order valence-corrected chi connectivity index (χ3v) is 6.70. The van der Waals surface area contributed by atoms with Crippen molar-refractivity contribution in [2.45, 2.75) is 19.3 Å². The largest absolute Gasteiger partial charge is 0.545 e. The van der Waals surface area contributed by atoms with Gasteiger partial charge in [-0.25, -0.2) is 0 Å². The number of carbonyl (C=O) groups is 4. The molecule has 0 radical (unpaired) electrons. The minimum Gasteiger partial charge on any atom is -0.545 e. The van der Waals surface area contributed by atoms with E-state index in [4.69, 9.17) is 0 Å². The minimum absolute atomic E-state index is 0.00484. The van der Waals surface area contributed by atoms with Crippen LogP contribution in [0.3, 0.4) is 0 Å². The van der Waals surface area contributed by atoms with Gasteiger partial charge in [0.1, 0.15) is 0 Å². The fraction of sp³-hybridized carbons (Fsp3) is 0.304. The van der Waals surface area contributed by atoms with Crippen LogP contribution in [0.15, 0.2) is 48.5 Å². The molecule has 0 spiro atoms. The molecule has 2 saturated carbocycles. The molecule has 2 aliphatic carbocycles. The first-order chi connectivity index (χ1) is 14.5. The van der Waals surface area contributed by atoms with Crippen LogP contribution in [0.2, 0.25) is 0 Å². The van der Waals surface area contributed by atoms with E-state index < -0.39 is 11.9 Å². The molecule has 0 unspecified atom stereocenters. The van der Waals surface area contributed by atoms with Crippen LogP contribution >= 0.6 is 0 Å². The SMILES string of the molecule is O=C([O-])c1ccccc1C(=O)Nc1ccc(N2C(=O)[C@@H]3[C@H]4CC[C@H](C4)[C@@H]3C2=O)cc1. The van der Waals surface area contributed by atoms with Gasteiger partial charge in [0.2, 0.25) is 11.8 Å². The average Bonchev–Trinajstić information content (AvgIpc) is 3.42. The number of rotatable bonds is 4. The number of carboxylic acid groups (broad SMARTS) is 1. The van der Waals surface area contributed by atoms with Gasteiger partial charge in [0.05, 0.1) is 23.5 Å². The van der Waals surface area contributed by atoms with E-state index in [1.165, 1.54) is 23.1 Å². The molecule has 2 aromatic rings. The van der Waals surface area contributed by atoms with Crippen molar-refractivity contribution < 1.29 is 24.3 Å². The highest BCUT2D eigenvalue weighted by Gasteiger charge is 2.61. The smallest absolute Gasteiger partial charge is 0.256 e. The number of imide groups is 1. The minimum atomic E-state index is -1.43. The molecule has 3 amide bonds. The molecule has 0 aromatic heterocycles. The van der Waals surface area contributed by atoms with E-state index in [0.29, 0.717) is 23.2 Å². The first-order valence-electron chi connectivity index (χ1n) is 10.1. The molecule has 1 heterocycles. The van der Waals surface area contributed by atoms with Crippen LogP contribution < -0.4 is 15.3 Å². The zero-order chi connectivity index (χ0) is 21.0. The normalized spacial score (nSPS) is 26.7. The van der Waals surface area contributed by atoms with E-state index in [0.717, 1.165) is 19.3 Å². The van der Waals surface area contributed by atoms with Gasteiger partial charge in [0.25, 0.3) is 5.91 Å². The quantitative estimate of drug-likeness (QED) is 0.784. The Bertz CT molecular complexity index is 1050. The molecule has 5 rings (SSSR count). The molecule has 3 aliphatic rings. The zero-order valence-corrected chi connectivity index (χ0v) is 16.0. The van der Waals surface area contributed by atoms with Crippen molar-refractivity contribution in [3.8, 4) is 0 Å². The number of nitrogens with one attached hydrogen (secondary N) is 1. The number of hydrogen-bond acceptors (Lipinski definition) is 5. The summed E-state index contributed by atoms with van der Waals surface area (Å²) in [5.41, 5.74) is 0.721. The molecule has 2 aromatic carbocycles. The highest BCUT2D eigenvalue weighted by molar-refractivity contribution is 6.22. The number of nitrogens with zero attached hydrogens (tertiary/aromatic N) is 1. The summed E-state index contributed by atoms with van der Waals surface area (Å²) in [6.45, 7) is 0. The summed E-state index contributed by atoms with van der Waals surface area (Å²) in [6.07, 6.45) is 3.03. The lowest BCUT2D eigenvalue weighted by molar-refractivity contribution is -0.255. The third-order valence-electron chi connectivity index (χ3n) is 6.70. The summed E-state index contributed by atoms with van der Waals surface area (Å²) in [5, 5.41) is 13.8. The Balaban J connectivity index is 1.34. The number of carbonyl (C=O) groups excluding carboxylic acids is 4. The third kappa shape index (κ3) is 2.73. The number of amides is 3. The Kier molecular flexibility index (Phi) is 4.20. The molecular weight excluding hydrogens is 384 g/mol.